The third-order valence-electron chi connectivity index (χ3n) is 6.37. The molecule has 0 aromatic heterocycles. The van der Waals surface area contributed by atoms with Crippen molar-refractivity contribution in [1.82, 2.24) is 5.01 Å². The number of carbonyl (C=O) groups is 1. The van der Waals surface area contributed by atoms with Crippen molar-refractivity contribution in [3.63, 3.8) is 0 Å². The Labute approximate surface area is 197 Å². The number of allylic oxidation sites excluding steroid dienone is 1. The van der Waals surface area contributed by atoms with Crippen LogP contribution < -0.4 is 0 Å². The molecule has 0 N–H and O–H groups in total. The highest BCUT2D eigenvalue weighted by Gasteiger charge is 2.43. The van der Waals surface area contributed by atoms with E-state index >= 15 is 0 Å². The largest absolute Gasteiger partial charge is 0.268 e. The number of benzene rings is 3. The number of rotatable bonds is 4. The third-order valence-corrected chi connectivity index (χ3v) is 6.37. The molecule has 1 fully saturated rings. The Hall–Kier alpha value is -3.86. The van der Waals surface area contributed by atoms with Crippen LogP contribution >= 0.6 is 0 Å². The molecule has 1 amide bonds. The molecule has 0 spiro atoms. The van der Waals surface area contributed by atoms with E-state index in [1.165, 1.54) is 35.4 Å². The van der Waals surface area contributed by atoms with Crippen molar-refractivity contribution in [2.75, 3.05) is 0 Å². The van der Waals surface area contributed by atoms with Crippen molar-refractivity contribution < 1.29 is 13.6 Å². The van der Waals surface area contributed by atoms with Gasteiger partial charge in [-0.2, -0.15) is 5.10 Å². The summed E-state index contributed by atoms with van der Waals surface area (Å²) in [7, 11) is 0. The van der Waals surface area contributed by atoms with Crippen LogP contribution in [0, 0.1) is 17.6 Å². The number of hydrazone groups is 1. The second-order valence-electron chi connectivity index (χ2n) is 8.63. The van der Waals surface area contributed by atoms with Crippen LogP contribution in [-0.2, 0) is 4.79 Å². The first-order valence-electron chi connectivity index (χ1n) is 11.5. The van der Waals surface area contributed by atoms with Gasteiger partial charge < -0.3 is 0 Å². The van der Waals surface area contributed by atoms with Gasteiger partial charge in [-0.3, -0.25) is 4.79 Å². The lowest BCUT2D eigenvalue weighted by Crippen LogP contribution is -2.31. The maximum atomic E-state index is 13.6. The number of nitrogens with zero attached hydrogens (tertiary/aromatic N) is 2. The predicted molar refractivity (Wildman–Crippen MR) is 131 cm³/mol. The van der Waals surface area contributed by atoms with Gasteiger partial charge in [-0.05, 0) is 77.9 Å². The Bertz CT molecular complexity index is 1260. The van der Waals surface area contributed by atoms with Crippen LogP contribution in [0.15, 0.2) is 95.6 Å². The number of carbonyl (C=O) groups excluding carboxylic acids is 1. The highest BCUT2D eigenvalue weighted by molar-refractivity contribution is 6.08. The average molecular weight is 455 g/mol. The molecule has 0 unspecified atom stereocenters. The molecule has 2 aliphatic rings. The van der Waals surface area contributed by atoms with Gasteiger partial charge in [0, 0.05) is 12.0 Å². The first kappa shape index (κ1) is 22.0. The lowest BCUT2D eigenvalue weighted by molar-refractivity contribution is -0.128. The molecule has 1 aliphatic carbocycles. The molecule has 34 heavy (non-hydrogen) atoms. The zero-order chi connectivity index (χ0) is 23.5. The normalized spacial score (nSPS) is 21.1. The van der Waals surface area contributed by atoms with E-state index in [2.05, 4.69) is 0 Å². The summed E-state index contributed by atoms with van der Waals surface area (Å²) in [5.41, 5.74) is 4.61. The van der Waals surface area contributed by atoms with E-state index in [-0.39, 0.29) is 29.5 Å². The molecular formula is C29H24F2N2O. The maximum Gasteiger partial charge on any atom is 0.267 e. The van der Waals surface area contributed by atoms with Crippen molar-refractivity contribution in [3.05, 3.63) is 119 Å². The molecule has 5 heteroatoms. The van der Waals surface area contributed by atoms with Gasteiger partial charge in [0.05, 0.1) is 11.8 Å². The number of amides is 1. The minimum atomic E-state index is -0.315. The molecule has 170 valence electrons. The zero-order valence-corrected chi connectivity index (χ0v) is 18.6. The van der Waals surface area contributed by atoms with Crippen molar-refractivity contribution in [2.45, 2.75) is 25.3 Å². The van der Waals surface area contributed by atoms with E-state index < -0.39 is 0 Å². The van der Waals surface area contributed by atoms with Crippen molar-refractivity contribution in [2.24, 2.45) is 11.0 Å². The summed E-state index contributed by atoms with van der Waals surface area (Å²) in [6, 6.07) is 22.0. The summed E-state index contributed by atoms with van der Waals surface area (Å²) in [5, 5.41) is 6.35. The smallest absolute Gasteiger partial charge is 0.267 e. The minimum absolute atomic E-state index is 0.0139. The third kappa shape index (κ3) is 4.60. The van der Waals surface area contributed by atoms with E-state index in [4.69, 9.17) is 5.10 Å². The molecule has 1 saturated carbocycles. The molecule has 1 heterocycles. The van der Waals surface area contributed by atoms with Crippen LogP contribution in [0.1, 0.15) is 42.0 Å². The van der Waals surface area contributed by atoms with Crippen LogP contribution in [0.2, 0.25) is 0 Å². The summed E-state index contributed by atoms with van der Waals surface area (Å²) >= 11 is 0. The highest BCUT2D eigenvalue weighted by atomic mass is 19.1. The molecule has 3 aromatic carbocycles. The SMILES string of the molecule is O=C(/C=C/c1ccccc1)N1N=C2/C(=C/c3ccc(F)cc3)CCC[C@H]2[C@@H]1c1ccc(F)cc1. The van der Waals surface area contributed by atoms with E-state index in [1.54, 1.807) is 30.3 Å². The summed E-state index contributed by atoms with van der Waals surface area (Å²) in [4.78, 5) is 13.3. The van der Waals surface area contributed by atoms with Crippen molar-refractivity contribution >= 4 is 23.8 Å². The van der Waals surface area contributed by atoms with Crippen LogP contribution in [0.5, 0.6) is 0 Å². The monoisotopic (exact) mass is 454 g/mol. The Morgan fingerprint density at radius 1 is 0.882 bits per heavy atom. The van der Waals surface area contributed by atoms with Gasteiger partial charge in [-0.1, -0.05) is 54.6 Å². The van der Waals surface area contributed by atoms with Gasteiger partial charge in [0.25, 0.3) is 5.91 Å². The Balaban J connectivity index is 1.51. The molecule has 0 saturated heterocycles. The van der Waals surface area contributed by atoms with Gasteiger partial charge in [-0.25, -0.2) is 13.8 Å². The number of hydrogen-bond acceptors (Lipinski definition) is 2. The first-order valence-corrected chi connectivity index (χ1v) is 11.5. The highest BCUT2D eigenvalue weighted by Crippen LogP contribution is 2.44. The number of hydrogen-bond donors (Lipinski definition) is 0. The summed E-state index contributed by atoms with van der Waals surface area (Å²) in [6.45, 7) is 0. The fourth-order valence-corrected chi connectivity index (χ4v) is 4.74. The predicted octanol–water partition coefficient (Wildman–Crippen LogP) is 6.80. The van der Waals surface area contributed by atoms with Crippen LogP contribution in [-0.4, -0.2) is 16.6 Å². The summed E-state index contributed by atoms with van der Waals surface area (Å²) < 4.78 is 27.0. The topological polar surface area (TPSA) is 32.7 Å². The molecule has 3 aromatic rings. The Morgan fingerprint density at radius 2 is 1.56 bits per heavy atom. The van der Waals surface area contributed by atoms with Gasteiger partial charge >= 0.3 is 0 Å². The van der Waals surface area contributed by atoms with Crippen molar-refractivity contribution in [3.8, 4) is 0 Å². The Morgan fingerprint density at radius 3 is 2.26 bits per heavy atom. The van der Waals surface area contributed by atoms with Gasteiger partial charge in [0.2, 0.25) is 0 Å². The zero-order valence-electron chi connectivity index (χ0n) is 18.6. The minimum Gasteiger partial charge on any atom is -0.268 e. The molecule has 2 atom stereocenters. The van der Waals surface area contributed by atoms with E-state index in [0.717, 1.165) is 47.2 Å². The van der Waals surface area contributed by atoms with E-state index in [0.29, 0.717) is 0 Å². The van der Waals surface area contributed by atoms with Gasteiger partial charge in [-0.15, -0.1) is 0 Å². The second kappa shape index (κ2) is 9.56. The van der Waals surface area contributed by atoms with E-state index in [1.807, 2.05) is 36.4 Å². The van der Waals surface area contributed by atoms with Crippen molar-refractivity contribution in [1.29, 1.82) is 0 Å². The molecular weight excluding hydrogens is 430 g/mol. The van der Waals surface area contributed by atoms with Crippen LogP contribution in [0.3, 0.4) is 0 Å². The number of halogens is 2. The maximum absolute atomic E-state index is 13.6. The number of fused-ring (bicyclic) bond motifs is 1. The standard InChI is InChI=1S/C29H24F2N2O/c30-24-14-9-21(10-15-24)19-23-7-4-8-26-28(23)32-33(29(26)22-12-16-25(31)17-13-22)27(34)18-11-20-5-2-1-3-6-20/h1-3,5-6,9-19,26,29H,4,7-8H2/b18-11+,23-19+/t26-,29+/m1/s1. The lowest BCUT2D eigenvalue weighted by atomic mass is 9.77. The molecule has 0 bridgehead atoms. The summed E-state index contributed by atoms with van der Waals surface area (Å²) in [5.74, 6) is -0.799. The Kier molecular flexibility index (Phi) is 6.17. The summed E-state index contributed by atoms with van der Waals surface area (Å²) in [6.07, 6.45) is 8.02. The second-order valence-corrected chi connectivity index (χ2v) is 8.63. The molecule has 0 radical (unpaired) electrons. The van der Waals surface area contributed by atoms with Gasteiger partial charge in [0.1, 0.15) is 11.6 Å². The lowest BCUT2D eigenvalue weighted by Gasteiger charge is -2.29. The van der Waals surface area contributed by atoms with Crippen LogP contribution in [0.25, 0.3) is 12.2 Å². The van der Waals surface area contributed by atoms with Gasteiger partial charge in [0.15, 0.2) is 0 Å². The average Bonchev–Trinajstić information content (AvgIpc) is 3.26. The molecule has 3 nitrogen and oxygen atoms in total. The first-order chi connectivity index (χ1) is 16.6. The molecule has 5 rings (SSSR count). The quantitative estimate of drug-likeness (QED) is 0.399. The van der Waals surface area contributed by atoms with E-state index in [9.17, 15) is 13.6 Å². The fraction of sp³-hybridized carbons (Fsp3) is 0.172. The van der Waals surface area contributed by atoms with Crippen LogP contribution in [0.4, 0.5) is 8.78 Å². The fourth-order valence-electron chi connectivity index (χ4n) is 4.74. The molecule has 1 aliphatic heterocycles.